The molecule has 136 valence electrons. The average Bonchev–Trinajstić information content (AvgIpc) is 2.73. The second kappa shape index (κ2) is 8.52. The Morgan fingerprint density at radius 3 is 2.37 bits per heavy atom. The number of pyridine rings is 1. The molecule has 0 fully saturated rings. The normalized spacial score (nSPS) is 10.1. The van der Waals surface area contributed by atoms with Gasteiger partial charge in [0.1, 0.15) is 11.5 Å². The van der Waals surface area contributed by atoms with Gasteiger partial charge in [-0.3, -0.25) is 9.78 Å². The first-order valence-corrected chi connectivity index (χ1v) is 8.10. The standard InChI is InChI=1S/C19H17N5O3/c1-27-19(26)14-2-4-15(5-3-14)24-18(25)16-11-23-17(12-21-16)22-10-13-6-8-20-9-7-13/h2-9,11-12H,10H2,1H3,(H,22,23)(H,24,25). The molecule has 1 aromatic carbocycles. The summed E-state index contributed by atoms with van der Waals surface area (Å²) < 4.78 is 4.63. The summed E-state index contributed by atoms with van der Waals surface area (Å²) in [5, 5.41) is 5.82. The van der Waals surface area contributed by atoms with E-state index in [4.69, 9.17) is 0 Å². The third-order valence-corrected chi connectivity index (χ3v) is 3.67. The van der Waals surface area contributed by atoms with E-state index in [-0.39, 0.29) is 5.69 Å². The quantitative estimate of drug-likeness (QED) is 0.648. The van der Waals surface area contributed by atoms with Gasteiger partial charge in [-0.05, 0) is 42.0 Å². The number of rotatable bonds is 6. The minimum Gasteiger partial charge on any atom is -0.465 e. The molecule has 3 aromatic rings. The van der Waals surface area contributed by atoms with Crippen molar-refractivity contribution in [2.75, 3.05) is 17.7 Å². The molecule has 0 saturated heterocycles. The number of hydrogen-bond acceptors (Lipinski definition) is 7. The molecule has 0 atom stereocenters. The summed E-state index contributed by atoms with van der Waals surface area (Å²) >= 11 is 0. The number of esters is 1. The lowest BCUT2D eigenvalue weighted by Crippen LogP contribution is -2.14. The lowest BCUT2D eigenvalue weighted by molar-refractivity contribution is 0.0600. The molecule has 3 rings (SSSR count). The Morgan fingerprint density at radius 2 is 1.74 bits per heavy atom. The van der Waals surface area contributed by atoms with Gasteiger partial charge < -0.3 is 15.4 Å². The average molecular weight is 363 g/mol. The Balaban J connectivity index is 1.58. The van der Waals surface area contributed by atoms with E-state index < -0.39 is 11.9 Å². The van der Waals surface area contributed by atoms with E-state index >= 15 is 0 Å². The number of carbonyl (C=O) groups excluding carboxylic acids is 2. The summed E-state index contributed by atoms with van der Waals surface area (Å²) in [6.07, 6.45) is 6.32. The summed E-state index contributed by atoms with van der Waals surface area (Å²) in [7, 11) is 1.31. The van der Waals surface area contributed by atoms with Crippen LogP contribution >= 0.6 is 0 Å². The molecule has 1 amide bonds. The van der Waals surface area contributed by atoms with Gasteiger partial charge in [0.2, 0.25) is 0 Å². The molecule has 0 aliphatic heterocycles. The summed E-state index contributed by atoms with van der Waals surface area (Å²) in [4.78, 5) is 35.9. The molecule has 2 aromatic heterocycles. The number of ether oxygens (including phenoxy) is 1. The molecular weight excluding hydrogens is 346 g/mol. The monoisotopic (exact) mass is 363 g/mol. The van der Waals surface area contributed by atoms with Crippen LogP contribution in [-0.2, 0) is 11.3 Å². The van der Waals surface area contributed by atoms with Gasteiger partial charge in [-0.15, -0.1) is 0 Å². The minimum absolute atomic E-state index is 0.182. The highest BCUT2D eigenvalue weighted by Crippen LogP contribution is 2.12. The summed E-state index contributed by atoms with van der Waals surface area (Å²) in [5.74, 6) is -0.270. The predicted molar refractivity (Wildman–Crippen MR) is 99.3 cm³/mol. The number of nitrogens with one attached hydrogen (secondary N) is 2. The van der Waals surface area contributed by atoms with Crippen molar-refractivity contribution < 1.29 is 14.3 Å². The van der Waals surface area contributed by atoms with Crippen LogP contribution in [0.2, 0.25) is 0 Å². The van der Waals surface area contributed by atoms with Gasteiger partial charge in [0.25, 0.3) is 5.91 Å². The summed E-state index contributed by atoms with van der Waals surface area (Å²) in [5.41, 5.74) is 2.18. The van der Waals surface area contributed by atoms with Gasteiger partial charge in [-0.2, -0.15) is 0 Å². The van der Waals surface area contributed by atoms with Gasteiger partial charge >= 0.3 is 5.97 Å². The number of anilines is 2. The molecule has 2 N–H and O–H groups in total. The number of benzene rings is 1. The summed E-state index contributed by atoms with van der Waals surface area (Å²) in [6, 6.07) is 10.2. The van der Waals surface area contributed by atoms with E-state index in [0.717, 1.165) is 5.56 Å². The van der Waals surface area contributed by atoms with Crippen LogP contribution in [0.15, 0.2) is 61.2 Å². The molecule has 0 bridgehead atoms. The largest absolute Gasteiger partial charge is 0.465 e. The number of aromatic nitrogens is 3. The molecule has 27 heavy (non-hydrogen) atoms. The first kappa shape index (κ1) is 18.0. The highest BCUT2D eigenvalue weighted by Gasteiger charge is 2.10. The van der Waals surface area contributed by atoms with E-state index in [1.54, 1.807) is 36.7 Å². The van der Waals surface area contributed by atoms with Crippen molar-refractivity contribution in [1.29, 1.82) is 0 Å². The minimum atomic E-state index is -0.436. The van der Waals surface area contributed by atoms with Crippen LogP contribution in [0.1, 0.15) is 26.4 Å². The maximum atomic E-state index is 12.2. The number of hydrogen-bond donors (Lipinski definition) is 2. The molecule has 8 heteroatoms. The van der Waals surface area contributed by atoms with Crippen LogP contribution in [-0.4, -0.2) is 33.9 Å². The molecule has 0 spiro atoms. The predicted octanol–water partition coefficient (Wildman–Crippen LogP) is 2.52. The van der Waals surface area contributed by atoms with Gasteiger partial charge in [-0.1, -0.05) is 0 Å². The Bertz CT molecular complexity index is 912. The zero-order valence-electron chi connectivity index (χ0n) is 14.5. The molecule has 0 aliphatic rings. The van der Waals surface area contributed by atoms with E-state index in [9.17, 15) is 9.59 Å². The fourth-order valence-electron chi connectivity index (χ4n) is 2.23. The second-order valence-corrected chi connectivity index (χ2v) is 5.52. The first-order valence-electron chi connectivity index (χ1n) is 8.10. The van der Waals surface area contributed by atoms with Gasteiger partial charge in [0, 0.05) is 24.6 Å². The zero-order valence-corrected chi connectivity index (χ0v) is 14.5. The SMILES string of the molecule is COC(=O)c1ccc(NC(=O)c2cnc(NCc3ccncc3)cn2)cc1. The molecular formula is C19H17N5O3. The van der Waals surface area contributed by atoms with Crippen LogP contribution in [0.3, 0.4) is 0 Å². The third-order valence-electron chi connectivity index (χ3n) is 3.67. The highest BCUT2D eigenvalue weighted by molar-refractivity contribution is 6.03. The maximum absolute atomic E-state index is 12.2. The smallest absolute Gasteiger partial charge is 0.337 e. The first-order chi connectivity index (χ1) is 13.2. The number of nitrogens with zero attached hydrogens (tertiary/aromatic N) is 3. The molecule has 0 radical (unpaired) electrons. The fourth-order valence-corrected chi connectivity index (χ4v) is 2.23. The van der Waals surface area contributed by atoms with Crippen LogP contribution < -0.4 is 10.6 Å². The van der Waals surface area contributed by atoms with E-state index in [0.29, 0.717) is 23.6 Å². The molecule has 0 saturated carbocycles. The lowest BCUT2D eigenvalue weighted by atomic mass is 10.2. The van der Waals surface area contributed by atoms with Crippen molar-refractivity contribution in [2.45, 2.75) is 6.54 Å². The van der Waals surface area contributed by atoms with E-state index in [1.165, 1.54) is 19.5 Å². The van der Waals surface area contributed by atoms with Crippen molar-refractivity contribution in [2.24, 2.45) is 0 Å². The van der Waals surface area contributed by atoms with Gasteiger partial charge in [-0.25, -0.2) is 14.8 Å². The van der Waals surface area contributed by atoms with Gasteiger partial charge in [0.15, 0.2) is 0 Å². The van der Waals surface area contributed by atoms with Crippen LogP contribution in [0.5, 0.6) is 0 Å². The van der Waals surface area contributed by atoms with Crippen molar-refractivity contribution in [3.05, 3.63) is 78.0 Å². The third kappa shape index (κ3) is 4.85. The van der Waals surface area contributed by atoms with Crippen LogP contribution in [0.25, 0.3) is 0 Å². The Kier molecular flexibility index (Phi) is 5.68. The Labute approximate surface area is 155 Å². The highest BCUT2D eigenvalue weighted by atomic mass is 16.5. The number of methoxy groups -OCH3 is 1. The number of amides is 1. The summed E-state index contributed by atoms with van der Waals surface area (Å²) in [6.45, 7) is 0.579. The zero-order chi connectivity index (χ0) is 19.1. The van der Waals surface area contributed by atoms with Crippen LogP contribution in [0, 0.1) is 0 Å². The molecule has 8 nitrogen and oxygen atoms in total. The van der Waals surface area contributed by atoms with Crippen molar-refractivity contribution in [3.8, 4) is 0 Å². The molecule has 2 heterocycles. The molecule has 0 unspecified atom stereocenters. The van der Waals surface area contributed by atoms with Crippen molar-refractivity contribution in [1.82, 2.24) is 15.0 Å². The van der Waals surface area contributed by atoms with Gasteiger partial charge in [0.05, 0.1) is 25.1 Å². The van der Waals surface area contributed by atoms with E-state index in [1.807, 2.05) is 12.1 Å². The maximum Gasteiger partial charge on any atom is 0.337 e. The molecule has 0 aliphatic carbocycles. The Morgan fingerprint density at radius 1 is 1.00 bits per heavy atom. The van der Waals surface area contributed by atoms with Crippen molar-refractivity contribution >= 4 is 23.4 Å². The number of carbonyl (C=O) groups is 2. The van der Waals surface area contributed by atoms with Crippen LogP contribution in [0.4, 0.5) is 11.5 Å². The van der Waals surface area contributed by atoms with Crippen molar-refractivity contribution in [3.63, 3.8) is 0 Å². The topological polar surface area (TPSA) is 106 Å². The van der Waals surface area contributed by atoms with E-state index in [2.05, 4.69) is 30.3 Å². The Hall–Kier alpha value is -3.81. The second-order valence-electron chi connectivity index (χ2n) is 5.52. The fraction of sp³-hybridized carbons (Fsp3) is 0.105. The lowest BCUT2D eigenvalue weighted by Gasteiger charge is -2.07.